The standard InChI is InChI=1S/C16H11F2NO2S2/c17-14-7-6-13(9-15(14)18)23(20,21)19-12-8-16(22-10-12)11-4-2-1-3-5-11/h1-10,19H. The summed E-state index contributed by atoms with van der Waals surface area (Å²) in [6.07, 6.45) is 0. The number of thiophene rings is 1. The molecular weight excluding hydrogens is 340 g/mol. The summed E-state index contributed by atoms with van der Waals surface area (Å²) in [7, 11) is -3.97. The van der Waals surface area contributed by atoms with E-state index in [2.05, 4.69) is 4.72 Å². The van der Waals surface area contributed by atoms with E-state index in [4.69, 9.17) is 0 Å². The van der Waals surface area contributed by atoms with E-state index < -0.39 is 21.7 Å². The van der Waals surface area contributed by atoms with E-state index in [1.807, 2.05) is 30.3 Å². The average molecular weight is 351 g/mol. The fourth-order valence-electron chi connectivity index (χ4n) is 2.00. The summed E-state index contributed by atoms with van der Waals surface area (Å²) >= 11 is 1.38. The first-order valence-electron chi connectivity index (χ1n) is 6.57. The third-order valence-electron chi connectivity index (χ3n) is 3.11. The molecule has 0 saturated carbocycles. The molecule has 118 valence electrons. The van der Waals surface area contributed by atoms with Crippen molar-refractivity contribution >= 4 is 27.0 Å². The molecule has 0 amide bonds. The van der Waals surface area contributed by atoms with Crippen LogP contribution in [0.4, 0.5) is 14.5 Å². The van der Waals surface area contributed by atoms with Crippen molar-refractivity contribution in [2.75, 3.05) is 4.72 Å². The molecule has 0 aliphatic carbocycles. The zero-order valence-corrected chi connectivity index (χ0v) is 13.3. The smallest absolute Gasteiger partial charge is 0.262 e. The molecule has 3 nitrogen and oxygen atoms in total. The molecule has 3 rings (SSSR count). The van der Waals surface area contributed by atoms with E-state index in [0.717, 1.165) is 22.6 Å². The number of hydrogen-bond acceptors (Lipinski definition) is 3. The Morgan fingerprint density at radius 1 is 0.913 bits per heavy atom. The lowest BCUT2D eigenvalue weighted by atomic mass is 10.2. The molecule has 0 spiro atoms. The first kappa shape index (κ1) is 15.6. The van der Waals surface area contributed by atoms with Crippen molar-refractivity contribution < 1.29 is 17.2 Å². The Morgan fingerprint density at radius 3 is 2.35 bits per heavy atom. The molecule has 0 atom stereocenters. The molecule has 2 aromatic carbocycles. The van der Waals surface area contributed by atoms with Crippen LogP contribution >= 0.6 is 11.3 Å². The summed E-state index contributed by atoms with van der Waals surface area (Å²) in [4.78, 5) is 0.567. The SMILES string of the molecule is O=S(=O)(Nc1csc(-c2ccccc2)c1)c1ccc(F)c(F)c1. The van der Waals surface area contributed by atoms with Gasteiger partial charge in [-0.15, -0.1) is 11.3 Å². The Bertz CT molecular complexity index is 938. The molecule has 1 aromatic heterocycles. The van der Waals surface area contributed by atoms with Gasteiger partial charge < -0.3 is 0 Å². The minimum atomic E-state index is -3.97. The fraction of sp³-hybridized carbons (Fsp3) is 0. The van der Waals surface area contributed by atoms with Crippen LogP contribution in [0.5, 0.6) is 0 Å². The third-order valence-corrected chi connectivity index (χ3v) is 5.47. The van der Waals surface area contributed by atoms with Crippen LogP contribution in [-0.4, -0.2) is 8.42 Å². The van der Waals surface area contributed by atoms with Gasteiger partial charge in [-0.3, -0.25) is 4.72 Å². The number of sulfonamides is 1. The van der Waals surface area contributed by atoms with E-state index in [1.54, 1.807) is 11.4 Å². The molecule has 0 bridgehead atoms. The van der Waals surface area contributed by atoms with Crippen molar-refractivity contribution in [2.45, 2.75) is 4.90 Å². The van der Waals surface area contributed by atoms with Gasteiger partial charge in [-0.25, -0.2) is 17.2 Å². The average Bonchev–Trinajstić information content (AvgIpc) is 2.98. The normalized spacial score (nSPS) is 11.4. The number of halogens is 2. The van der Waals surface area contributed by atoms with Gasteiger partial charge in [0.2, 0.25) is 0 Å². The van der Waals surface area contributed by atoms with E-state index >= 15 is 0 Å². The first-order valence-corrected chi connectivity index (χ1v) is 8.94. The summed E-state index contributed by atoms with van der Waals surface area (Å²) in [5, 5.41) is 1.65. The van der Waals surface area contributed by atoms with Gasteiger partial charge in [0.05, 0.1) is 10.6 Å². The van der Waals surface area contributed by atoms with Crippen LogP contribution in [0.25, 0.3) is 10.4 Å². The molecule has 0 aliphatic heterocycles. The van der Waals surface area contributed by atoms with Gasteiger partial charge in [-0.1, -0.05) is 30.3 Å². The van der Waals surface area contributed by atoms with Crippen molar-refractivity contribution in [2.24, 2.45) is 0 Å². The fourth-order valence-corrected chi connectivity index (χ4v) is 3.98. The van der Waals surface area contributed by atoms with Crippen molar-refractivity contribution in [3.63, 3.8) is 0 Å². The van der Waals surface area contributed by atoms with Gasteiger partial charge in [-0.2, -0.15) is 0 Å². The molecule has 0 radical (unpaired) electrons. The Kier molecular flexibility index (Phi) is 4.14. The maximum atomic E-state index is 13.2. The van der Waals surface area contributed by atoms with Crippen LogP contribution in [0.1, 0.15) is 0 Å². The summed E-state index contributed by atoms with van der Waals surface area (Å²) < 4.78 is 52.9. The zero-order chi connectivity index (χ0) is 16.4. The highest BCUT2D eigenvalue weighted by molar-refractivity contribution is 7.92. The molecular formula is C16H11F2NO2S2. The Labute approximate surface area is 136 Å². The van der Waals surface area contributed by atoms with Crippen LogP contribution in [0.15, 0.2) is 64.9 Å². The van der Waals surface area contributed by atoms with E-state index in [1.165, 1.54) is 11.3 Å². The molecule has 3 aromatic rings. The van der Waals surface area contributed by atoms with Gasteiger partial charge in [0.1, 0.15) is 0 Å². The lowest BCUT2D eigenvalue weighted by Gasteiger charge is -2.06. The van der Waals surface area contributed by atoms with Crippen LogP contribution < -0.4 is 4.72 Å². The van der Waals surface area contributed by atoms with Crippen molar-refractivity contribution in [3.8, 4) is 10.4 Å². The minimum absolute atomic E-state index is 0.330. The second kappa shape index (κ2) is 6.10. The lowest BCUT2D eigenvalue weighted by Crippen LogP contribution is -2.12. The van der Waals surface area contributed by atoms with Gasteiger partial charge in [0, 0.05) is 10.3 Å². The molecule has 23 heavy (non-hydrogen) atoms. The largest absolute Gasteiger partial charge is 0.279 e. The predicted octanol–water partition coefficient (Wildman–Crippen LogP) is 4.49. The second-order valence-electron chi connectivity index (χ2n) is 4.75. The topological polar surface area (TPSA) is 46.2 Å². The molecule has 1 N–H and O–H groups in total. The number of hydrogen-bond donors (Lipinski definition) is 1. The van der Waals surface area contributed by atoms with Crippen molar-refractivity contribution in [3.05, 3.63) is 71.6 Å². The Balaban J connectivity index is 1.86. The third kappa shape index (κ3) is 3.40. The molecule has 0 fully saturated rings. The maximum absolute atomic E-state index is 13.2. The van der Waals surface area contributed by atoms with Gasteiger partial charge in [0.15, 0.2) is 11.6 Å². The molecule has 1 heterocycles. The number of nitrogens with one attached hydrogen (secondary N) is 1. The minimum Gasteiger partial charge on any atom is -0.279 e. The highest BCUT2D eigenvalue weighted by atomic mass is 32.2. The monoisotopic (exact) mass is 351 g/mol. The van der Waals surface area contributed by atoms with E-state index in [-0.39, 0.29) is 4.90 Å². The van der Waals surface area contributed by atoms with Crippen LogP contribution in [0.2, 0.25) is 0 Å². The Hall–Kier alpha value is -2.25. The summed E-state index contributed by atoms with van der Waals surface area (Å²) in [6.45, 7) is 0. The number of rotatable bonds is 4. The quantitative estimate of drug-likeness (QED) is 0.752. The van der Waals surface area contributed by atoms with E-state index in [0.29, 0.717) is 11.8 Å². The molecule has 0 unspecified atom stereocenters. The summed E-state index contributed by atoms with van der Waals surface area (Å²) in [6, 6.07) is 13.7. The summed E-state index contributed by atoms with van der Waals surface area (Å²) in [5.74, 6) is -2.30. The molecule has 0 aliphatic rings. The second-order valence-corrected chi connectivity index (χ2v) is 7.34. The maximum Gasteiger partial charge on any atom is 0.262 e. The van der Waals surface area contributed by atoms with Gasteiger partial charge >= 0.3 is 0 Å². The number of anilines is 1. The van der Waals surface area contributed by atoms with Crippen molar-refractivity contribution in [1.82, 2.24) is 0 Å². The highest BCUT2D eigenvalue weighted by Gasteiger charge is 2.17. The summed E-state index contributed by atoms with van der Waals surface area (Å²) in [5.41, 5.74) is 1.34. The van der Waals surface area contributed by atoms with Gasteiger partial charge in [0.25, 0.3) is 10.0 Å². The number of benzene rings is 2. The Morgan fingerprint density at radius 2 is 1.65 bits per heavy atom. The first-order chi connectivity index (χ1) is 11.0. The highest BCUT2D eigenvalue weighted by Crippen LogP contribution is 2.30. The molecule has 0 saturated heterocycles. The van der Waals surface area contributed by atoms with Crippen LogP contribution in [0, 0.1) is 11.6 Å². The van der Waals surface area contributed by atoms with Gasteiger partial charge in [-0.05, 0) is 29.8 Å². The van der Waals surface area contributed by atoms with Crippen LogP contribution in [0.3, 0.4) is 0 Å². The lowest BCUT2D eigenvalue weighted by molar-refractivity contribution is 0.504. The van der Waals surface area contributed by atoms with Crippen molar-refractivity contribution in [1.29, 1.82) is 0 Å². The zero-order valence-electron chi connectivity index (χ0n) is 11.7. The van der Waals surface area contributed by atoms with Crippen LogP contribution in [-0.2, 0) is 10.0 Å². The predicted molar refractivity (Wildman–Crippen MR) is 86.9 cm³/mol. The molecule has 7 heteroatoms. The van der Waals surface area contributed by atoms with E-state index in [9.17, 15) is 17.2 Å².